The Labute approximate surface area is 405 Å². The van der Waals surface area contributed by atoms with E-state index in [-0.39, 0.29) is 25.6 Å². The second-order valence-electron chi connectivity index (χ2n) is 19.5. The number of rotatable bonds is 50. The number of carbonyl (C=O) groups excluding carboxylic acids is 1. The smallest absolute Gasteiger partial charge is 0.397 e. The molecule has 0 saturated carbocycles. The van der Waals surface area contributed by atoms with Gasteiger partial charge in [-0.3, -0.25) is 9.35 Å². The molecule has 1 rings (SSSR count). The average Bonchev–Trinajstić information content (AvgIpc) is 3.29. The van der Waals surface area contributed by atoms with Crippen molar-refractivity contribution in [2.24, 2.45) is 0 Å². The summed E-state index contributed by atoms with van der Waals surface area (Å²) in [5.41, 5.74) is 0. The van der Waals surface area contributed by atoms with Gasteiger partial charge in [0.1, 0.15) is 30.5 Å². The highest BCUT2D eigenvalue weighted by molar-refractivity contribution is 7.80. The van der Waals surface area contributed by atoms with Crippen LogP contribution >= 0.6 is 0 Å². The summed E-state index contributed by atoms with van der Waals surface area (Å²) >= 11 is 0. The summed E-state index contributed by atoms with van der Waals surface area (Å²) in [7, 11) is -5.06. The van der Waals surface area contributed by atoms with Gasteiger partial charge in [0.15, 0.2) is 6.29 Å². The predicted octanol–water partition coefficient (Wildman–Crippen LogP) is 13.2. The third kappa shape index (κ3) is 37.9. The van der Waals surface area contributed by atoms with Gasteiger partial charge >= 0.3 is 16.4 Å². The summed E-state index contributed by atoms with van der Waals surface area (Å²) in [6, 6.07) is 0. The SMILES string of the molecule is CCCCCCCCCCCCCCCCCCCCCCCOCC(COC1OC(CO)C(O)C(OS(=O)(=O)O)C1O)OC(=O)CCCCCCCCCCCCCCCCCCCC. The zero-order valence-corrected chi connectivity index (χ0v) is 43.4. The Morgan fingerprint density at radius 2 is 0.864 bits per heavy atom. The zero-order chi connectivity index (χ0) is 48.2. The van der Waals surface area contributed by atoms with Gasteiger partial charge in [0.05, 0.1) is 19.8 Å². The van der Waals surface area contributed by atoms with Crippen molar-refractivity contribution >= 4 is 16.4 Å². The molecule has 66 heavy (non-hydrogen) atoms. The molecule has 1 aliphatic rings. The second-order valence-corrected chi connectivity index (χ2v) is 20.6. The number of aliphatic hydroxyl groups is 3. The molecule has 0 aromatic heterocycles. The molecular weight excluding hydrogens is 861 g/mol. The molecule has 13 heteroatoms. The molecule has 1 fully saturated rings. The summed E-state index contributed by atoms with van der Waals surface area (Å²) in [6.45, 7) is 4.07. The molecule has 1 aliphatic heterocycles. The molecule has 4 N–H and O–H groups in total. The molecule has 12 nitrogen and oxygen atoms in total. The van der Waals surface area contributed by atoms with Crippen LogP contribution in [-0.2, 0) is 38.3 Å². The van der Waals surface area contributed by atoms with Crippen molar-refractivity contribution in [1.29, 1.82) is 0 Å². The summed E-state index contributed by atoms with van der Waals surface area (Å²) in [6.07, 6.45) is 41.4. The largest absolute Gasteiger partial charge is 0.457 e. The standard InChI is InChI=1S/C53H104O12S/c1-3-5-7-9-11-13-15-17-19-21-23-24-25-27-29-31-33-35-37-39-41-43-61-45-47(46-62-53-51(57)52(65-66(58,59)60)50(56)48(44-54)64-53)63-49(55)42-40-38-36-34-32-30-28-26-22-20-18-16-14-12-10-8-6-4-2/h47-48,50-54,56-57H,3-46H2,1-2H3,(H,58,59,60). The molecular formula is C53H104O12S. The van der Waals surface area contributed by atoms with Gasteiger partial charge in [-0.1, -0.05) is 251 Å². The van der Waals surface area contributed by atoms with E-state index in [0.717, 1.165) is 38.5 Å². The van der Waals surface area contributed by atoms with E-state index < -0.39 is 53.8 Å². The first-order valence-corrected chi connectivity index (χ1v) is 29.2. The van der Waals surface area contributed by atoms with E-state index in [1.54, 1.807) is 0 Å². The number of hydrogen-bond acceptors (Lipinski definition) is 11. The fourth-order valence-electron chi connectivity index (χ4n) is 9.03. The van der Waals surface area contributed by atoms with Gasteiger partial charge in [-0.2, -0.15) is 8.42 Å². The first kappa shape index (κ1) is 63.1. The topological polar surface area (TPSA) is 178 Å². The van der Waals surface area contributed by atoms with E-state index in [9.17, 15) is 33.1 Å². The number of hydrogen-bond donors (Lipinski definition) is 4. The second kappa shape index (κ2) is 45.3. The molecule has 394 valence electrons. The van der Waals surface area contributed by atoms with Crippen LogP contribution in [0.5, 0.6) is 0 Å². The minimum absolute atomic E-state index is 0.0455. The lowest BCUT2D eigenvalue weighted by Crippen LogP contribution is -2.60. The van der Waals surface area contributed by atoms with Crippen molar-refractivity contribution in [3.63, 3.8) is 0 Å². The Morgan fingerprint density at radius 3 is 1.21 bits per heavy atom. The van der Waals surface area contributed by atoms with E-state index in [0.29, 0.717) is 13.0 Å². The number of esters is 1. The van der Waals surface area contributed by atoms with E-state index in [4.69, 9.17) is 18.9 Å². The molecule has 0 amide bonds. The third-order valence-corrected chi connectivity index (χ3v) is 13.7. The highest BCUT2D eigenvalue weighted by atomic mass is 32.3. The molecule has 1 saturated heterocycles. The van der Waals surface area contributed by atoms with Gasteiger partial charge in [-0.15, -0.1) is 0 Å². The lowest BCUT2D eigenvalue weighted by Gasteiger charge is -2.41. The van der Waals surface area contributed by atoms with Crippen molar-refractivity contribution < 1.29 is 56.2 Å². The van der Waals surface area contributed by atoms with Crippen molar-refractivity contribution in [3.05, 3.63) is 0 Å². The van der Waals surface area contributed by atoms with E-state index in [1.807, 2.05) is 0 Å². The van der Waals surface area contributed by atoms with Crippen LogP contribution in [-0.4, -0.2) is 97.5 Å². The van der Waals surface area contributed by atoms with E-state index in [2.05, 4.69) is 18.0 Å². The van der Waals surface area contributed by atoms with Crippen molar-refractivity contribution in [2.75, 3.05) is 26.4 Å². The molecule has 6 unspecified atom stereocenters. The monoisotopic (exact) mass is 965 g/mol. The van der Waals surface area contributed by atoms with Crippen LogP contribution in [0.1, 0.15) is 271 Å². The maximum absolute atomic E-state index is 12.9. The van der Waals surface area contributed by atoms with Crippen molar-refractivity contribution in [1.82, 2.24) is 0 Å². The van der Waals surface area contributed by atoms with Gasteiger partial charge < -0.3 is 34.3 Å². The zero-order valence-electron chi connectivity index (χ0n) is 42.5. The summed E-state index contributed by atoms with van der Waals surface area (Å²) in [5.74, 6) is -0.390. The van der Waals surface area contributed by atoms with E-state index in [1.165, 1.54) is 205 Å². The van der Waals surface area contributed by atoms with Crippen LogP contribution in [0.15, 0.2) is 0 Å². The number of unbranched alkanes of at least 4 members (excludes halogenated alkanes) is 37. The lowest BCUT2D eigenvalue weighted by atomic mass is 9.99. The normalized spacial score (nSPS) is 19.4. The molecule has 0 radical (unpaired) electrons. The van der Waals surface area contributed by atoms with Gasteiger partial charge in [0.2, 0.25) is 0 Å². The molecule has 0 aromatic carbocycles. The first-order valence-electron chi connectivity index (χ1n) is 27.8. The average molecular weight is 965 g/mol. The molecule has 0 aliphatic carbocycles. The number of ether oxygens (including phenoxy) is 4. The Bertz CT molecular complexity index is 1160. The van der Waals surface area contributed by atoms with Gasteiger partial charge in [-0.25, -0.2) is 4.18 Å². The van der Waals surface area contributed by atoms with Crippen LogP contribution in [0.25, 0.3) is 0 Å². The van der Waals surface area contributed by atoms with E-state index >= 15 is 0 Å². The fraction of sp³-hybridized carbons (Fsp3) is 0.981. The lowest BCUT2D eigenvalue weighted by molar-refractivity contribution is -0.301. The van der Waals surface area contributed by atoms with Gasteiger partial charge in [0, 0.05) is 13.0 Å². The van der Waals surface area contributed by atoms with Crippen LogP contribution in [0.3, 0.4) is 0 Å². The maximum Gasteiger partial charge on any atom is 0.397 e. The Hall–Kier alpha value is -0.900. The molecule has 6 atom stereocenters. The first-order chi connectivity index (χ1) is 32.1. The molecule has 0 spiro atoms. The van der Waals surface area contributed by atoms with Gasteiger partial charge in [-0.05, 0) is 12.8 Å². The summed E-state index contributed by atoms with van der Waals surface area (Å²) in [4.78, 5) is 12.9. The summed E-state index contributed by atoms with van der Waals surface area (Å²) < 4.78 is 59.4. The van der Waals surface area contributed by atoms with Crippen LogP contribution in [0.2, 0.25) is 0 Å². The molecule has 1 heterocycles. The van der Waals surface area contributed by atoms with Crippen molar-refractivity contribution in [3.8, 4) is 0 Å². The predicted molar refractivity (Wildman–Crippen MR) is 267 cm³/mol. The fourth-order valence-corrected chi connectivity index (χ4v) is 9.54. The molecule has 0 bridgehead atoms. The Kier molecular flexibility index (Phi) is 43.3. The Balaban J connectivity index is 2.30. The maximum atomic E-state index is 12.9. The van der Waals surface area contributed by atoms with Crippen LogP contribution in [0.4, 0.5) is 0 Å². The number of aliphatic hydroxyl groups excluding tert-OH is 3. The Morgan fingerprint density at radius 1 is 0.515 bits per heavy atom. The highest BCUT2D eigenvalue weighted by Crippen LogP contribution is 2.26. The molecule has 0 aromatic rings. The third-order valence-electron chi connectivity index (χ3n) is 13.2. The van der Waals surface area contributed by atoms with Crippen LogP contribution < -0.4 is 0 Å². The minimum atomic E-state index is -5.06. The van der Waals surface area contributed by atoms with Crippen molar-refractivity contribution in [2.45, 2.75) is 307 Å². The van der Waals surface area contributed by atoms with Gasteiger partial charge in [0.25, 0.3) is 0 Å². The number of carbonyl (C=O) groups is 1. The highest BCUT2D eigenvalue weighted by Gasteiger charge is 2.48. The van der Waals surface area contributed by atoms with Crippen LogP contribution in [0, 0.1) is 0 Å². The quantitative estimate of drug-likeness (QED) is 0.0258. The minimum Gasteiger partial charge on any atom is -0.457 e. The summed E-state index contributed by atoms with van der Waals surface area (Å²) in [5, 5.41) is 30.8.